The van der Waals surface area contributed by atoms with Crippen molar-refractivity contribution in [1.29, 1.82) is 0 Å². The molecule has 0 aromatic heterocycles. The highest BCUT2D eigenvalue weighted by Gasteiger charge is 2.03. The molecular weight excluding hydrogens is 256 g/mol. The third-order valence-electron chi connectivity index (χ3n) is 3.56. The first-order valence-electron chi connectivity index (χ1n) is 7.05. The van der Waals surface area contributed by atoms with Gasteiger partial charge in [0.1, 0.15) is 5.75 Å². The Kier molecular flexibility index (Phi) is 4.85. The van der Waals surface area contributed by atoms with E-state index in [1.807, 2.05) is 31.2 Å². The Hall–Kier alpha value is -2.46. The molecule has 2 rings (SSSR count). The standard InChI is InChI=1S/C20H20O/c1-5-15(2)18-11-7-6-10-17(18)13-14-19-16(3)9-8-12-20(19)21-4/h5-12H,1-4H3/b15-5+. The fraction of sp³-hybridized carbons (Fsp3) is 0.200. The fourth-order valence-corrected chi connectivity index (χ4v) is 2.19. The summed E-state index contributed by atoms with van der Waals surface area (Å²) in [7, 11) is 1.68. The molecule has 0 aliphatic carbocycles. The number of hydrogen-bond donors (Lipinski definition) is 0. The van der Waals surface area contributed by atoms with Crippen molar-refractivity contribution in [3.63, 3.8) is 0 Å². The van der Waals surface area contributed by atoms with E-state index in [4.69, 9.17) is 4.74 Å². The molecule has 1 nitrogen and oxygen atoms in total. The largest absolute Gasteiger partial charge is 0.495 e. The summed E-state index contributed by atoms with van der Waals surface area (Å²) < 4.78 is 5.40. The molecule has 106 valence electrons. The van der Waals surface area contributed by atoms with Crippen LogP contribution in [-0.4, -0.2) is 7.11 Å². The van der Waals surface area contributed by atoms with Gasteiger partial charge in [0.05, 0.1) is 12.7 Å². The number of aryl methyl sites for hydroxylation is 1. The van der Waals surface area contributed by atoms with Crippen molar-refractivity contribution in [3.05, 3.63) is 70.8 Å². The van der Waals surface area contributed by atoms with E-state index in [0.29, 0.717) is 0 Å². The van der Waals surface area contributed by atoms with E-state index in [0.717, 1.165) is 22.4 Å². The lowest BCUT2D eigenvalue weighted by atomic mass is 10.0. The van der Waals surface area contributed by atoms with Crippen LogP contribution in [0.4, 0.5) is 0 Å². The van der Waals surface area contributed by atoms with Crippen molar-refractivity contribution in [3.8, 4) is 17.6 Å². The second-order valence-corrected chi connectivity index (χ2v) is 4.92. The van der Waals surface area contributed by atoms with E-state index in [1.165, 1.54) is 11.1 Å². The van der Waals surface area contributed by atoms with Gasteiger partial charge in [-0.15, -0.1) is 0 Å². The Morgan fingerprint density at radius 2 is 1.81 bits per heavy atom. The van der Waals surface area contributed by atoms with Crippen molar-refractivity contribution in [2.24, 2.45) is 0 Å². The number of benzene rings is 2. The number of hydrogen-bond acceptors (Lipinski definition) is 1. The average molecular weight is 276 g/mol. The third kappa shape index (κ3) is 3.35. The fourth-order valence-electron chi connectivity index (χ4n) is 2.19. The maximum absolute atomic E-state index is 5.40. The molecule has 1 heteroatoms. The molecule has 0 saturated heterocycles. The Morgan fingerprint density at radius 3 is 2.52 bits per heavy atom. The van der Waals surface area contributed by atoms with Crippen LogP contribution in [0.1, 0.15) is 36.1 Å². The molecule has 0 N–H and O–H groups in total. The number of methoxy groups -OCH3 is 1. The minimum absolute atomic E-state index is 0.822. The van der Waals surface area contributed by atoms with Crippen LogP contribution in [0.15, 0.2) is 48.5 Å². The van der Waals surface area contributed by atoms with Crippen LogP contribution in [0.5, 0.6) is 5.75 Å². The molecule has 0 radical (unpaired) electrons. The van der Waals surface area contributed by atoms with E-state index in [1.54, 1.807) is 7.11 Å². The Morgan fingerprint density at radius 1 is 1.05 bits per heavy atom. The maximum atomic E-state index is 5.40. The molecule has 2 aromatic rings. The summed E-state index contributed by atoms with van der Waals surface area (Å²) in [5.74, 6) is 7.38. The van der Waals surface area contributed by atoms with Crippen LogP contribution < -0.4 is 4.74 Å². The zero-order chi connectivity index (χ0) is 15.2. The maximum Gasteiger partial charge on any atom is 0.134 e. The van der Waals surface area contributed by atoms with Gasteiger partial charge in [-0.1, -0.05) is 48.2 Å². The monoisotopic (exact) mass is 276 g/mol. The van der Waals surface area contributed by atoms with Gasteiger partial charge in [0.25, 0.3) is 0 Å². The predicted octanol–water partition coefficient (Wildman–Crippen LogP) is 4.83. The molecule has 0 bridgehead atoms. The van der Waals surface area contributed by atoms with Crippen molar-refractivity contribution >= 4 is 5.57 Å². The van der Waals surface area contributed by atoms with Gasteiger partial charge in [-0.2, -0.15) is 0 Å². The summed E-state index contributed by atoms with van der Waals surface area (Å²) in [5, 5.41) is 0. The summed E-state index contributed by atoms with van der Waals surface area (Å²) in [6.45, 7) is 6.20. The van der Waals surface area contributed by atoms with Gasteiger partial charge in [-0.3, -0.25) is 0 Å². The van der Waals surface area contributed by atoms with Crippen LogP contribution in [0.25, 0.3) is 5.57 Å². The average Bonchev–Trinajstić information content (AvgIpc) is 2.53. The highest BCUT2D eigenvalue weighted by atomic mass is 16.5. The molecule has 0 amide bonds. The molecule has 0 saturated carbocycles. The molecule has 21 heavy (non-hydrogen) atoms. The van der Waals surface area contributed by atoms with Crippen molar-refractivity contribution in [1.82, 2.24) is 0 Å². The van der Waals surface area contributed by atoms with Gasteiger partial charge >= 0.3 is 0 Å². The number of rotatable bonds is 2. The summed E-state index contributed by atoms with van der Waals surface area (Å²) in [6.07, 6.45) is 2.11. The van der Waals surface area contributed by atoms with E-state index in [-0.39, 0.29) is 0 Å². The van der Waals surface area contributed by atoms with Crippen LogP contribution in [0.2, 0.25) is 0 Å². The summed E-state index contributed by atoms with van der Waals surface area (Å²) in [5.41, 5.74) is 5.53. The minimum atomic E-state index is 0.822. The van der Waals surface area contributed by atoms with Gasteiger partial charge < -0.3 is 4.74 Å². The molecular formula is C20H20O. The SMILES string of the molecule is C/C=C(\C)c1ccccc1C#Cc1c(C)cccc1OC. The van der Waals surface area contributed by atoms with Crippen LogP contribution >= 0.6 is 0 Å². The number of allylic oxidation sites excluding steroid dienone is 2. The molecule has 2 aromatic carbocycles. The first kappa shape index (κ1) is 14.9. The smallest absolute Gasteiger partial charge is 0.134 e. The molecule has 0 unspecified atom stereocenters. The summed E-state index contributed by atoms with van der Waals surface area (Å²) >= 11 is 0. The molecule has 0 spiro atoms. The molecule has 0 heterocycles. The first-order chi connectivity index (χ1) is 10.2. The second kappa shape index (κ2) is 6.81. The Bertz CT molecular complexity index is 727. The highest BCUT2D eigenvalue weighted by molar-refractivity contribution is 5.70. The Balaban J connectivity index is 2.51. The zero-order valence-electron chi connectivity index (χ0n) is 13.0. The molecule has 0 atom stereocenters. The van der Waals surface area contributed by atoms with Crippen LogP contribution in [0, 0.1) is 18.8 Å². The quantitative estimate of drug-likeness (QED) is 0.714. The van der Waals surface area contributed by atoms with Gasteiger partial charge in [0, 0.05) is 5.56 Å². The summed E-state index contributed by atoms with van der Waals surface area (Å²) in [6, 6.07) is 14.2. The van der Waals surface area contributed by atoms with Gasteiger partial charge in [-0.25, -0.2) is 0 Å². The van der Waals surface area contributed by atoms with E-state index < -0.39 is 0 Å². The zero-order valence-corrected chi connectivity index (χ0v) is 13.0. The van der Waals surface area contributed by atoms with Gasteiger partial charge in [0.15, 0.2) is 0 Å². The molecule has 0 aliphatic rings. The lowest BCUT2D eigenvalue weighted by Crippen LogP contribution is -1.91. The lowest BCUT2D eigenvalue weighted by Gasteiger charge is -2.06. The first-order valence-corrected chi connectivity index (χ1v) is 7.05. The molecule has 0 aliphatic heterocycles. The second-order valence-electron chi connectivity index (χ2n) is 4.92. The summed E-state index contributed by atoms with van der Waals surface area (Å²) in [4.78, 5) is 0. The number of ether oxygens (including phenoxy) is 1. The van der Waals surface area contributed by atoms with Crippen molar-refractivity contribution in [2.75, 3.05) is 7.11 Å². The van der Waals surface area contributed by atoms with Crippen LogP contribution in [0.3, 0.4) is 0 Å². The third-order valence-corrected chi connectivity index (χ3v) is 3.56. The predicted molar refractivity (Wildman–Crippen MR) is 89.5 cm³/mol. The van der Waals surface area contributed by atoms with Gasteiger partial charge in [0.2, 0.25) is 0 Å². The van der Waals surface area contributed by atoms with Crippen LogP contribution in [-0.2, 0) is 0 Å². The van der Waals surface area contributed by atoms with E-state index >= 15 is 0 Å². The van der Waals surface area contributed by atoms with Crippen molar-refractivity contribution < 1.29 is 4.74 Å². The minimum Gasteiger partial charge on any atom is -0.495 e. The van der Waals surface area contributed by atoms with E-state index in [9.17, 15) is 0 Å². The van der Waals surface area contributed by atoms with Gasteiger partial charge in [-0.05, 0) is 49.6 Å². The topological polar surface area (TPSA) is 9.23 Å². The Labute approximate surface area is 127 Å². The normalized spacial score (nSPS) is 10.8. The highest BCUT2D eigenvalue weighted by Crippen LogP contribution is 2.22. The van der Waals surface area contributed by atoms with E-state index in [2.05, 4.69) is 50.0 Å². The van der Waals surface area contributed by atoms with Crippen molar-refractivity contribution in [2.45, 2.75) is 20.8 Å². The molecule has 0 fully saturated rings. The lowest BCUT2D eigenvalue weighted by molar-refractivity contribution is 0.413.